The van der Waals surface area contributed by atoms with E-state index in [1.54, 1.807) is 7.11 Å². The van der Waals surface area contributed by atoms with Crippen LogP contribution in [0.15, 0.2) is 24.5 Å². The second-order valence-electron chi connectivity index (χ2n) is 3.36. The largest absolute Gasteiger partial charge is 0.372 e. The van der Waals surface area contributed by atoms with Crippen LogP contribution >= 0.6 is 0 Å². The third-order valence-electron chi connectivity index (χ3n) is 2.71. The van der Waals surface area contributed by atoms with E-state index in [0.717, 1.165) is 19.5 Å². The Morgan fingerprint density at radius 3 is 2.77 bits per heavy atom. The van der Waals surface area contributed by atoms with E-state index >= 15 is 0 Å². The quantitative estimate of drug-likeness (QED) is 0.731. The Kier molecular flexibility index (Phi) is 2.29. The number of ether oxygens (including phenoxy) is 1. The van der Waals surface area contributed by atoms with Gasteiger partial charge in [-0.3, -0.25) is 4.98 Å². The Labute approximate surface area is 78.1 Å². The minimum Gasteiger partial charge on any atom is -0.372 e. The van der Waals surface area contributed by atoms with Gasteiger partial charge in [0.05, 0.1) is 0 Å². The molecule has 3 nitrogen and oxygen atoms in total. The van der Waals surface area contributed by atoms with Crippen LogP contribution in [0.2, 0.25) is 0 Å². The molecule has 2 heterocycles. The smallest absolute Gasteiger partial charge is 0.106 e. The van der Waals surface area contributed by atoms with E-state index in [4.69, 9.17) is 4.74 Å². The summed E-state index contributed by atoms with van der Waals surface area (Å²) in [4.78, 5) is 4.01. The van der Waals surface area contributed by atoms with E-state index in [2.05, 4.69) is 10.3 Å². The molecule has 0 saturated carbocycles. The maximum absolute atomic E-state index is 5.59. The Balaban J connectivity index is 2.31. The van der Waals surface area contributed by atoms with E-state index in [1.807, 2.05) is 24.5 Å². The van der Waals surface area contributed by atoms with Crippen molar-refractivity contribution in [1.82, 2.24) is 10.3 Å². The first-order valence-corrected chi connectivity index (χ1v) is 4.54. The van der Waals surface area contributed by atoms with Crippen LogP contribution in [0.4, 0.5) is 0 Å². The van der Waals surface area contributed by atoms with Gasteiger partial charge in [-0.05, 0) is 30.7 Å². The molecule has 1 unspecified atom stereocenters. The summed E-state index contributed by atoms with van der Waals surface area (Å²) >= 11 is 0. The first-order chi connectivity index (χ1) is 6.37. The van der Waals surface area contributed by atoms with Gasteiger partial charge in [0.25, 0.3) is 0 Å². The van der Waals surface area contributed by atoms with Crippen LogP contribution < -0.4 is 5.32 Å². The maximum Gasteiger partial charge on any atom is 0.106 e. The van der Waals surface area contributed by atoms with Crippen molar-refractivity contribution in [3.05, 3.63) is 30.1 Å². The molecule has 1 aliphatic heterocycles. The fraction of sp³-hybridized carbons (Fsp3) is 0.500. The summed E-state index contributed by atoms with van der Waals surface area (Å²) in [7, 11) is 1.77. The molecule has 0 aliphatic carbocycles. The fourth-order valence-electron chi connectivity index (χ4n) is 1.86. The molecule has 70 valence electrons. The van der Waals surface area contributed by atoms with Gasteiger partial charge in [0, 0.05) is 26.0 Å². The Hall–Kier alpha value is -0.930. The SMILES string of the molecule is COC1(c2ccncc2)CCNC1. The highest BCUT2D eigenvalue weighted by atomic mass is 16.5. The molecule has 13 heavy (non-hydrogen) atoms. The zero-order chi connectivity index (χ0) is 9.15. The first-order valence-electron chi connectivity index (χ1n) is 4.54. The predicted molar refractivity (Wildman–Crippen MR) is 50.4 cm³/mol. The number of hydrogen-bond donors (Lipinski definition) is 1. The normalized spacial score (nSPS) is 27.8. The lowest BCUT2D eigenvalue weighted by Crippen LogP contribution is -2.30. The van der Waals surface area contributed by atoms with Gasteiger partial charge in [0.2, 0.25) is 0 Å². The number of aromatic nitrogens is 1. The minimum atomic E-state index is -0.122. The molecular formula is C10H14N2O. The van der Waals surface area contributed by atoms with Crippen LogP contribution in [0, 0.1) is 0 Å². The van der Waals surface area contributed by atoms with E-state index in [1.165, 1.54) is 5.56 Å². The second-order valence-corrected chi connectivity index (χ2v) is 3.36. The lowest BCUT2D eigenvalue weighted by atomic mass is 9.94. The number of pyridine rings is 1. The van der Waals surface area contributed by atoms with Crippen molar-refractivity contribution in [3.63, 3.8) is 0 Å². The van der Waals surface area contributed by atoms with Crippen LogP contribution in [0.3, 0.4) is 0 Å². The molecule has 1 fully saturated rings. The lowest BCUT2D eigenvalue weighted by molar-refractivity contribution is 0.00318. The molecule has 0 radical (unpaired) electrons. The predicted octanol–water partition coefficient (Wildman–Crippen LogP) is 0.917. The molecule has 3 heteroatoms. The average molecular weight is 178 g/mol. The van der Waals surface area contributed by atoms with Crippen molar-refractivity contribution in [2.24, 2.45) is 0 Å². The molecule has 1 N–H and O–H groups in total. The standard InChI is InChI=1S/C10H14N2O/c1-13-10(4-7-12-8-10)9-2-5-11-6-3-9/h2-3,5-6,12H,4,7-8H2,1H3. The summed E-state index contributed by atoms with van der Waals surface area (Å²) in [6, 6.07) is 4.05. The van der Waals surface area contributed by atoms with Gasteiger partial charge in [0.1, 0.15) is 5.60 Å². The van der Waals surface area contributed by atoms with Crippen molar-refractivity contribution >= 4 is 0 Å². The van der Waals surface area contributed by atoms with Crippen molar-refractivity contribution in [1.29, 1.82) is 0 Å². The molecule has 0 bridgehead atoms. The van der Waals surface area contributed by atoms with Gasteiger partial charge in [-0.1, -0.05) is 0 Å². The van der Waals surface area contributed by atoms with Crippen LogP contribution in [0.1, 0.15) is 12.0 Å². The van der Waals surface area contributed by atoms with Gasteiger partial charge in [-0.25, -0.2) is 0 Å². The van der Waals surface area contributed by atoms with Gasteiger partial charge in [0.15, 0.2) is 0 Å². The summed E-state index contributed by atoms with van der Waals surface area (Å²) in [5.41, 5.74) is 1.10. The molecule has 2 rings (SSSR count). The molecule has 1 aromatic heterocycles. The highest BCUT2D eigenvalue weighted by molar-refractivity contribution is 5.21. The summed E-state index contributed by atoms with van der Waals surface area (Å²) < 4.78 is 5.59. The van der Waals surface area contributed by atoms with E-state index in [9.17, 15) is 0 Å². The van der Waals surface area contributed by atoms with E-state index < -0.39 is 0 Å². The maximum atomic E-state index is 5.59. The monoisotopic (exact) mass is 178 g/mol. The van der Waals surface area contributed by atoms with Crippen LogP contribution in [-0.4, -0.2) is 25.2 Å². The van der Waals surface area contributed by atoms with Crippen molar-refractivity contribution < 1.29 is 4.74 Å². The van der Waals surface area contributed by atoms with Crippen LogP contribution in [-0.2, 0) is 10.3 Å². The topological polar surface area (TPSA) is 34.1 Å². The number of nitrogens with zero attached hydrogens (tertiary/aromatic N) is 1. The van der Waals surface area contributed by atoms with E-state index in [0.29, 0.717) is 0 Å². The molecule has 0 aromatic carbocycles. The first kappa shape index (κ1) is 8.66. The molecule has 1 atom stereocenters. The molecule has 0 spiro atoms. The average Bonchev–Trinajstić information content (AvgIpc) is 2.69. The van der Waals surface area contributed by atoms with Crippen LogP contribution in [0.25, 0.3) is 0 Å². The number of nitrogens with one attached hydrogen (secondary N) is 1. The molecule has 1 aromatic rings. The fourth-order valence-corrected chi connectivity index (χ4v) is 1.86. The van der Waals surface area contributed by atoms with Crippen molar-refractivity contribution in [2.45, 2.75) is 12.0 Å². The number of hydrogen-bond acceptors (Lipinski definition) is 3. The van der Waals surface area contributed by atoms with E-state index in [-0.39, 0.29) is 5.60 Å². The molecule has 1 aliphatic rings. The molecule has 0 amide bonds. The Morgan fingerprint density at radius 1 is 1.46 bits per heavy atom. The zero-order valence-corrected chi connectivity index (χ0v) is 7.79. The summed E-state index contributed by atoms with van der Waals surface area (Å²) in [5.74, 6) is 0. The summed E-state index contributed by atoms with van der Waals surface area (Å²) in [5, 5.41) is 3.32. The third-order valence-corrected chi connectivity index (χ3v) is 2.71. The second kappa shape index (κ2) is 3.44. The van der Waals surface area contributed by atoms with Gasteiger partial charge >= 0.3 is 0 Å². The highest BCUT2D eigenvalue weighted by Crippen LogP contribution is 2.30. The third kappa shape index (κ3) is 1.45. The summed E-state index contributed by atoms with van der Waals surface area (Å²) in [6.45, 7) is 1.92. The number of rotatable bonds is 2. The summed E-state index contributed by atoms with van der Waals surface area (Å²) in [6.07, 6.45) is 4.66. The van der Waals surface area contributed by atoms with Crippen LogP contribution in [0.5, 0.6) is 0 Å². The lowest BCUT2D eigenvalue weighted by Gasteiger charge is -2.26. The van der Waals surface area contributed by atoms with Gasteiger partial charge < -0.3 is 10.1 Å². The van der Waals surface area contributed by atoms with Crippen molar-refractivity contribution in [3.8, 4) is 0 Å². The van der Waals surface area contributed by atoms with Crippen molar-refractivity contribution in [2.75, 3.05) is 20.2 Å². The Morgan fingerprint density at radius 2 is 2.23 bits per heavy atom. The zero-order valence-electron chi connectivity index (χ0n) is 7.79. The molecule has 1 saturated heterocycles. The number of methoxy groups -OCH3 is 1. The minimum absolute atomic E-state index is 0.122. The Bertz CT molecular complexity index is 268. The molecular weight excluding hydrogens is 164 g/mol. The van der Waals surface area contributed by atoms with Gasteiger partial charge in [-0.15, -0.1) is 0 Å². The highest BCUT2D eigenvalue weighted by Gasteiger charge is 2.35. The van der Waals surface area contributed by atoms with Gasteiger partial charge in [-0.2, -0.15) is 0 Å².